The van der Waals surface area contributed by atoms with Gasteiger partial charge in [0.2, 0.25) is 0 Å². The second kappa shape index (κ2) is 7.05. The predicted molar refractivity (Wildman–Crippen MR) is 81.2 cm³/mol. The quantitative estimate of drug-likeness (QED) is 0.827. The number of thiazole rings is 1. The van der Waals surface area contributed by atoms with Crippen LogP contribution in [0.5, 0.6) is 0 Å². The maximum atomic E-state index is 11.7. The van der Waals surface area contributed by atoms with Gasteiger partial charge in [0.15, 0.2) is 0 Å². The van der Waals surface area contributed by atoms with Gasteiger partial charge in [0.05, 0.1) is 23.7 Å². The average molecular weight is 290 g/mol. The van der Waals surface area contributed by atoms with Gasteiger partial charge in [0.1, 0.15) is 0 Å². The SMILES string of the molecule is CCOC(=O)c1cccc(NCc2cnc(CC)s2)c1. The molecule has 0 saturated heterocycles. The molecule has 5 heteroatoms. The first-order chi connectivity index (χ1) is 9.72. The Labute approximate surface area is 122 Å². The van der Waals surface area contributed by atoms with E-state index in [1.54, 1.807) is 30.4 Å². The first kappa shape index (κ1) is 14.5. The van der Waals surface area contributed by atoms with Crippen LogP contribution in [0.2, 0.25) is 0 Å². The van der Waals surface area contributed by atoms with Crippen molar-refractivity contribution >= 4 is 23.0 Å². The Morgan fingerprint density at radius 2 is 2.25 bits per heavy atom. The Balaban J connectivity index is 1.99. The van der Waals surface area contributed by atoms with Crippen LogP contribution in [0.1, 0.15) is 34.1 Å². The van der Waals surface area contributed by atoms with Crippen molar-refractivity contribution < 1.29 is 9.53 Å². The van der Waals surface area contributed by atoms with Crippen molar-refractivity contribution in [2.75, 3.05) is 11.9 Å². The Bertz CT molecular complexity index is 581. The number of ether oxygens (including phenoxy) is 1. The van der Waals surface area contributed by atoms with E-state index in [2.05, 4.69) is 17.2 Å². The normalized spacial score (nSPS) is 10.3. The van der Waals surface area contributed by atoms with E-state index in [1.807, 2.05) is 18.3 Å². The summed E-state index contributed by atoms with van der Waals surface area (Å²) in [6.45, 7) is 5.00. The number of nitrogens with zero attached hydrogens (tertiary/aromatic N) is 1. The highest BCUT2D eigenvalue weighted by Gasteiger charge is 2.07. The monoisotopic (exact) mass is 290 g/mol. The molecule has 1 aromatic heterocycles. The van der Waals surface area contributed by atoms with Gasteiger partial charge in [-0.15, -0.1) is 11.3 Å². The molecular formula is C15H18N2O2S. The van der Waals surface area contributed by atoms with Gasteiger partial charge in [-0.1, -0.05) is 13.0 Å². The van der Waals surface area contributed by atoms with Gasteiger partial charge in [-0.25, -0.2) is 9.78 Å². The Morgan fingerprint density at radius 3 is 2.95 bits per heavy atom. The van der Waals surface area contributed by atoms with Gasteiger partial charge in [-0.2, -0.15) is 0 Å². The van der Waals surface area contributed by atoms with Crippen molar-refractivity contribution in [3.05, 3.63) is 45.9 Å². The van der Waals surface area contributed by atoms with E-state index in [4.69, 9.17) is 4.74 Å². The summed E-state index contributed by atoms with van der Waals surface area (Å²) in [7, 11) is 0. The number of benzene rings is 1. The number of esters is 1. The highest BCUT2D eigenvalue weighted by molar-refractivity contribution is 7.11. The second-order valence-electron chi connectivity index (χ2n) is 4.23. The lowest BCUT2D eigenvalue weighted by Crippen LogP contribution is -2.05. The minimum atomic E-state index is -0.290. The summed E-state index contributed by atoms with van der Waals surface area (Å²) in [6, 6.07) is 7.34. The molecule has 1 N–H and O–H groups in total. The van der Waals surface area contributed by atoms with Gasteiger partial charge in [0.25, 0.3) is 0 Å². The number of rotatable bonds is 6. The summed E-state index contributed by atoms with van der Waals surface area (Å²) in [4.78, 5) is 17.2. The van der Waals surface area contributed by atoms with E-state index in [0.29, 0.717) is 18.7 Å². The fraction of sp³-hybridized carbons (Fsp3) is 0.333. The van der Waals surface area contributed by atoms with Gasteiger partial charge in [-0.3, -0.25) is 0 Å². The minimum absolute atomic E-state index is 0.290. The number of hydrogen-bond acceptors (Lipinski definition) is 5. The van der Waals surface area contributed by atoms with Crippen LogP contribution in [0, 0.1) is 0 Å². The van der Waals surface area contributed by atoms with E-state index in [9.17, 15) is 4.79 Å². The van der Waals surface area contributed by atoms with Gasteiger partial charge in [0, 0.05) is 16.8 Å². The Hall–Kier alpha value is -1.88. The molecule has 0 saturated carbocycles. The smallest absolute Gasteiger partial charge is 0.338 e. The molecule has 0 atom stereocenters. The van der Waals surface area contributed by atoms with Crippen LogP contribution >= 0.6 is 11.3 Å². The zero-order valence-corrected chi connectivity index (χ0v) is 12.5. The van der Waals surface area contributed by atoms with Crippen LogP contribution in [0.4, 0.5) is 5.69 Å². The van der Waals surface area contributed by atoms with Crippen LogP contribution in [0.25, 0.3) is 0 Å². The summed E-state index contributed by atoms with van der Waals surface area (Å²) in [6.07, 6.45) is 2.86. The lowest BCUT2D eigenvalue weighted by molar-refractivity contribution is 0.0526. The fourth-order valence-corrected chi connectivity index (χ4v) is 2.56. The van der Waals surface area contributed by atoms with Crippen molar-refractivity contribution in [1.29, 1.82) is 0 Å². The molecular weight excluding hydrogens is 272 g/mol. The number of aromatic nitrogens is 1. The standard InChI is InChI=1S/C15H18N2O2S/c1-3-14-17-10-13(20-14)9-16-12-7-5-6-11(8-12)15(18)19-4-2/h5-8,10,16H,3-4,9H2,1-2H3. The van der Waals surface area contributed by atoms with Crippen molar-refractivity contribution in [3.63, 3.8) is 0 Å². The second-order valence-corrected chi connectivity index (χ2v) is 5.43. The summed E-state index contributed by atoms with van der Waals surface area (Å²) >= 11 is 1.71. The number of anilines is 1. The largest absolute Gasteiger partial charge is 0.462 e. The summed E-state index contributed by atoms with van der Waals surface area (Å²) in [5, 5.41) is 4.44. The molecule has 0 spiro atoms. The molecule has 1 heterocycles. The summed E-state index contributed by atoms with van der Waals surface area (Å²) < 4.78 is 4.99. The molecule has 0 unspecified atom stereocenters. The van der Waals surface area contributed by atoms with Gasteiger partial charge in [-0.05, 0) is 31.5 Å². The third-order valence-corrected chi connectivity index (χ3v) is 3.89. The molecule has 2 rings (SSSR count). The summed E-state index contributed by atoms with van der Waals surface area (Å²) in [5.41, 5.74) is 1.47. The molecule has 0 fully saturated rings. The molecule has 0 aliphatic carbocycles. The van der Waals surface area contributed by atoms with E-state index in [-0.39, 0.29) is 5.97 Å². The topological polar surface area (TPSA) is 51.2 Å². The summed E-state index contributed by atoms with van der Waals surface area (Å²) in [5.74, 6) is -0.290. The molecule has 0 aliphatic heterocycles. The zero-order chi connectivity index (χ0) is 14.4. The lowest BCUT2D eigenvalue weighted by atomic mass is 10.2. The maximum absolute atomic E-state index is 11.7. The number of hydrogen-bond donors (Lipinski definition) is 1. The van der Waals surface area contributed by atoms with Crippen molar-refractivity contribution in [3.8, 4) is 0 Å². The first-order valence-corrected chi connectivity index (χ1v) is 7.49. The van der Waals surface area contributed by atoms with Gasteiger partial charge >= 0.3 is 5.97 Å². The molecule has 1 aromatic carbocycles. The third kappa shape index (κ3) is 3.81. The zero-order valence-electron chi connectivity index (χ0n) is 11.7. The third-order valence-electron chi connectivity index (χ3n) is 2.74. The van der Waals surface area contributed by atoms with Gasteiger partial charge < -0.3 is 10.1 Å². The van der Waals surface area contributed by atoms with Crippen LogP contribution in [-0.4, -0.2) is 17.6 Å². The van der Waals surface area contributed by atoms with Crippen LogP contribution < -0.4 is 5.32 Å². The van der Waals surface area contributed by atoms with E-state index in [1.165, 1.54) is 4.88 Å². The van der Waals surface area contributed by atoms with Crippen molar-refractivity contribution in [2.24, 2.45) is 0 Å². The van der Waals surface area contributed by atoms with Crippen molar-refractivity contribution in [2.45, 2.75) is 26.8 Å². The highest BCUT2D eigenvalue weighted by atomic mass is 32.1. The molecule has 2 aromatic rings. The minimum Gasteiger partial charge on any atom is -0.462 e. The van der Waals surface area contributed by atoms with Crippen LogP contribution in [0.15, 0.2) is 30.5 Å². The molecule has 0 radical (unpaired) electrons. The number of aryl methyl sites for hydroxylation is 1. The molecule has 0 aliphatic rings. The van der Waals surface area contributed by atoms with Crippen molar-refractivity contribution in [1.82, 2.24) is 4.98 Å². The van der Waals surface area contributed by atoms with E-state index >= 15 is 0 Å². The number of carbonyl (C=O) groups excluding carboxylic acids is 1. The Morgan fingerprint density at radius 1 is 1.40 bits per heavy atom. The highest BCUT2D eigenvalue weighted by Crippen LogP contribution is 2.17. The maximum Gasteiger partial charge on any atom is 0.338 e. The fourth-order valence-electron chi connectivity index (χ4n) is 1.75. The number of nitrogens with one attached hydrogen (secondary N) is 1. The lowest BCUT2D eigenvalue weighted by Gasteiger charge is -2.07. The van der Waals surface area contributed by atoms with Crippen LogP contribution in [0.3, 0.4) is 0 Å². The molecule has 0 bridgehead atoms. The molecule has 4 nitrogen and oxygen atoms in total. The van der Waals surface area contributed by atoms with E-state index < -0.39 is 0 Å². The first-order valence-electron chi connectivity index (χ1n) is 6.67. The predicted octanol–water partition coefficient (Wildman–Crippen LogP) is 3.49. The van der Waals surface area contributed by atoms with Crippen LogP contribution in [-0.2, 0) is 17.7 Å². The Kier molecular flexibility index (Phi) is 5.12. The van der Waals surface area contributed by atoms with E-state index in [0.717, 1.165) is 17.1 Å². The average Bonchev–Trinajstić information content (AvgIpc) is 2.94. The molecule has 106 valence electrons. The number of carbonyl (C=O) groups is 1. The molecule has 20 heavy (non-hydrogen) atoms. The molecule has 0 amide bonds.